The lowest BCUT2D eigenvalue weighted by molar-refractivity contribution is -0.125. The second-order valence-electron chi connectivity index (χ2n) is 5.90. The molecule has 4 heteroatoms. The molecule has 1 amide bonds. The maximum absolute atomic E-state index is 12.1. The van der Waals surface area contributed by atoms with Gasteiger partial charge in [0.15, 0.2) is 5.76 Å². The highest BCUT2D eigenvalue weighted by molar-refractivity contribution is 5.87. The highest BCUT2D eigenvalue weighted by Gasteiger charge is 2.21. The second-order valence-corrected chi connectivity index (χ2v) is 5.90. The SMILES string of the molecule is O=C(/C=C/C=C/C1C=CC2=C(C1)OCO2)N1CCCCCC1. The molecule has 1 atom stereocenters. The van der Waals surface area contributed by atoms with E-state index in [0.29, 0.717) is 12.7 Å². The van der Waals surface area contributed by atoms with E-state index in [1.807, 2.05) is 23.1 Å². The first-order valence-corrected chi connectivity index (χ1v) is 8.13. The molecule has 1 saturated heterocycles. The van der Waals surface area contributed by atoms with Crippen molar-refractivity contribution in [1.29, 1.82) is 0 Å². The summed E-state index contributed by atoms with van der Waals surface area (Å²) in [7, 11) is 0. The van der Waals surface area contributed by atoms with Crippen molar-refractivity contribution >= 4 is 5.91 Å². The number of likely N-dealkylation sites (tertiary alicyclic amines) is 1. The number of amides is 1. The Morgan fingerprint density at radius 3 is 2.77 bits per heavy atom. The van der Waals surface area contributed by atoms with E-state index in [4.69, 9.17) is 9.47 Å². The van der Waals surface area contributed by atoms with Gasteiger partial charge < -0.3 is 14.4 Å². The maximum atomic E-state index is 12.1. The third-order valence-electron chi connectivity index (χ3n) is 4.26. The van der Waals surface area contributed by atoms with Crippen LogP contribution in [0.5, 0.6) is 0 Å². The van der Waals surface area contributed by atoms with Gasteiger partial charge in [0.2, 0.25) is 12.7 Å². The molecular formula is C18H23NO3. The van der Waals surface area contributed by atoms with Crippen LogP contribution < -0.4 is 0 Å². The molecule has 4 nitrogen and oxygen atoms in total. The van der Waals surface area contributed by atoms with Crippen molar-refractivity contribution < 1.29 is 14.3 Å². The molecule has 0 N–H and O–H groups in total. The van der Waals surface area contributed by atoms with Crippen LogP contribution in [0.25, 0.3) is 0 Å². The Morgan fingerprint density at radius 1 is 1.14 bits per heavy atom. The predicted molar refractivity (Wildman–Crippen MR) is 84.6 cm³/mol. The third kappa shape index (κ3) is 3.81. The number of rotatable bonds is 3. The predicted octanol–water partition coefficient (Wildman–Crippen LogP) is 3.29. The molecule has 1 aliphatic carbocycles. The van der Waals surface area contributed by atoms with Gasteiger partial charge in [-0.15, -0.1) is 0 Å². The molecule has 0 spiro atoms. The molecule has 1 fully saturated rings. The van der Waals surface area contributed by atoms with Gasteiger partial charge in [-0.2, -0.15) is 0 Å². The van der Waals surface area contributed by atoms with Gasteiger partial charge in [0.1, 0.15) is 5.76 Å². The van der Waals surface area contributed by atoms with E-state index >= 15 is 0 Å². The normalized spacial score (nSPS) is 25.3. The molecule has 0 aromatic rings. The van der Waals surface area contributed by atoms with E-state index in [1.165, 1.54) is 12.8 Å². The van der Waals surface area contributed by atoms with E-state index in [9.17, 15) is 4.79 Å². The van der Waals surface area contributed by atoms with Crippen LogP contribution in [0, 0.1) is 5.92 Å². The zero-order valence-electron chi connectivity index (χ0n) is 12.9. The van der Waals surface area contributed by atoms with Crippen LogP contribution in [-0.2, 0) is 14.3 Å². The average molecular weight is 301 g/mol. The quantitative estimate of drug-likeness (QED) is 0.593. The molecule has 118 valence electrons. The minimum absolute atomic E-state index is 0.128. The van der Waals surface area contributed by atoms with Crippen LogP contribution in [0.4, 0.5) is 0 Å². The summed E-state index contributed by atoms with van der Waals surface area (Å²) >= 11 is 0. The topological polar surface area (TPSA) is 38.8 Å². The van der Waals surface area contributed by atoms with E-state index in [-0.39, 0.29) is 5.91 Å². The summed E-state index contributed by atoms with van der Waals surface area (Å²) in [5.41, 5.74) is 0. The zero-order chi connectivity index (χ0) is 15.2. The number of ether oxygens (including phenoxy) is 2. The van der Waals surface area contributed by atoms with Crippen molar-refractivity contribution in [1.82, 2.24) is 4.90 Å². The van der Waals surface area contributed by atoms with E-state index in [1.54, 1.807) is 6.08 Å². The van der Waals surface area contributed by atoms with Gasteiger partial charge in [0, 0.05) is 31.5 Å². The third-order valence-corrected chi connectivity index (χ3v) is 4.26. The lowest BCUT2D eigenvalue weighted by atomic mass is 9.98. The summed E-state index contributed by atoms with van der Waals surface area (Å²) < 4.78 is 10.7. The van der Waals surface area contributed by atoms with E-state index in [2.05, 4.69) is 12.2 Å². The van der Waals surface area contributed by atoms with Crippen molar-refractivity contribution in [2.24, 2.45) is 5.92 Å². The van der Waals surface area contributed by atoms with Crippen LogP contribution in [0.2, 0.25) is 0 Å². The molecule has 22 heavy (non-hydrogen) atoms. The van der Waals surface area contributed by atoms with Crippen LogP contribution in [0.1, 0.15) is 32.1 Å². The van der Waals surface area contributed by atoms with Gasteiger partial charge in [-0.3, -0.25) is 4.79 Å². The van der Waals surface area contributed by atoms with Gasteiger partial charge in [-0.25, -0.2) is 0 Å². The fourth-order valence-corrected chi connectivity index (χ4v) is 2.98. The summed E-state index contributed by atoms with van der Waals surface area (Å²) in [6.07, 6.45) is 17.2. The van der Waals surface area contributed by atoms with Crippen molar-refractivity contribution in [3.63, 3.8) is 0 Å². The summed E-state index contributed by atoms with van der Waals surface area (Å²) in [6.45, 7) is 2.12. The minimum Gasteiger partial charge on any atom is -0.458 e. The first kappa shape index (κ1) is 14.9. The van der Waals surface area contributed by atoms with Gasteiger partial charge in [-0.1, -0.05) is 37.1 Å². The van der Waals surface area contributed by atoms with Gasteiger partial charge in [0.05, 0.1) is 0 Å². The molecule has 0 aromatic carbocycles. The summed E-state index contributed by atoms with van der Waals surface area (Å²) in [5.74, 6) is 2.22. The van der Waals surface area contributed by atoms with Crippen molar-refractivity contribution in [2.75, 3.05) is 19.9 Å². The molecule has 2 aliphatic heterocycles. The Kier molecular flexibility index (Phi) is 4.99. The van der Waals surface area contributed by atoms with Crippen molar-refractivity contribution in [3.8, 4) is 0 Å². The highest BCUT2D eigenvalue weighted by atomic mass is 16.7. The Labute approximate surface area is 131 Å². The largest absolute Gasteiger partial charge is 0.458 e. The summed E-state index contributed by atoms with van der Waals surface area (Å²) in [6, 6.07) is 0. The first-order valence-electron chi connectivity index (χ1n) is 8.13. The van der Waals surface area contributed by atoms with Crippen LogP contribution in [0.15, 0.2) is 48.0 Å². The summed E-state index contributed by atoms with van der Waals surface area (Å²) in [4.78, 5) is 14.1. The lowest BCUT2D eigenvalue weighted by Gasteiger charge is -2.17. The van der Waals surface area contributed by atoms with Crippen molar-refractivity contribution in [3.05, 3.63) is 48.0 Å². The molecule has 0 aromatic heterocycles. The monoisotopic (exact) mass is 301 g/mol. The standard InChI is InChI=1S/C18H23NO3/c20-18(19-11-5-1-2-6-12-19)8-4-3-7-15-9-10-16-17(13-15)22-14-21-16/h3-4,7-10,15H,1-2,5-6,11-14H2/b7-3+,8-4+. The molecule has 2 heterocycles. The number of hydrogen-bond acceptors (Lipinski definition) is 3. The fourth-order valence-electron chi connectivity index (χ4n) is 2.98. The van der Waals surface area contributed by atoms with Gasteiger partial charge >= 0.3 is 0 Å². The number of nitrogens with zero attached hydrogens (tertiary/aromatic N) is 1. The molecule has 3 rings (SSSR count). The Morgan fingerprint density at radius 2 is 1.95 bits per heavy atom. The average Bonchev–Trinajstić information content (AvgIpc) is 2.82. The van der Waals surface area contributed by atoms with Crippen LogP contribution in [0.3, 0.4) is 0 Å². The number of carbonyl (C=O) groups excluding carboxylic acids is 1. The molecule has 0 saturated carbocycles. The van der Waals surface area contributed by atoms with Gasteiger partial charge in [0.25, 0.3) is 0 Å². The number of carbonyl (C=O) groups is 1. The lowest BCUT2D eigenvalue weighted by Crippen LogP contribution is -2.30. The number of allylic oxidation sites excluding steroid dienone is 6. The Hall–Kier alpha value is -1.97. The second kappa shape index (κ2) is 7.34. The molecule has 0 radical (unpaired) electrons. The molecule has 3 aliphatic rings. The van der Waals surface area contributed by atoms with Crippen LogP contribution >= 0.6 is 0 Å². The van der Waals surface area contributed by atoms with Crippen LogP contribution in [-0.4, -0.2) is 30.7 Å². The Balaban J connectivity index is 1.47. The fraction of sp³-hybridized carbons (Fsp3) is 0.500. The minimum atomic E-state index is 0.128. The molecular weight excluding hydrogens is 278 g/mol. The molecule has 0 bridgehead atoms. The smallest absolute Gasteiger partial charge is 0.246 e. The molecule has 1 unspecified atom stereocenters. The number of hydrogen-bond donors (Lipinski definition) is 0. The zero-order valence-corrected chi connectivity index (χ0v) is 12.9. The van der Waals surface area contributed by atoms with Gasteiger partial charge in [-0.05, 0) is 18.9 Å². The maximum Gasteiger partial charge on any atom is 0.246 e. The van der Waals surface area contributed by atoms with Crippen molar-refractivity contribution in [2.45, 2.75) is 32.1 Å². The summed E-state index contributed by atoms with van der Waals surface area (Å²) in [5, 5.41) is 0. The van der Waals surface area contributed by atoms with E-state index < -0.39 is 0 Å². The highest BCUT2D eigenvalue weighted by Crippen LogP contribution is 2.29. The Bertz CT molecular complexity index is 522. The van der Waals surface area contributed by atoms with E-state index in [0.717, 1.165) is 43.9 Å². The first-order chi connectivity index (χ1) is 10.8.